The Bertz CT molecular complexity index is 1190. The number of carbonyl (C=O) groups excluding carboxylic acids is 3. The highest BCUT2D eigenvalue weighted by molar-refractivity contribution is 6.04. The summed E-state index contributed by atoms with van der Waals surface area (Å²) < 4.78 is 0. The summed E-state index contributed by atoms with van der Waals surface area (Å²) in [6, 6.07) is 21.6. The molecule has 0 heterocycles. The molecule has 6 heteroatoms. The van der Waals surface area contributed by atoms with Crippen LogP contribution in [0.4, 0.5) is 5.69 Å². The zero-order chi connectivity index (χ0) is 24.7. The molecule has 6 nitrogen and oxygen atoms in total. The van der Waals surface area contributed by atoms with E-state index in [1.807, 2.05) is 43.3 Å². The van der Waals surface area contributed by atoms with Crippen LogP contribution in [0.1, 0.15) is 58.2 Å². The van der Waals surface area contributed by atoms with E-state index in [9.17, 15) is 14.4 Å². The van der Waals surface area contributed by atoms with Gasteiger partial charge in [0.25, 0.3) is 17.7 Å². The Morgan fingerprint density at radius 2 is 1.26 bits per heavy atom. The summed E-state index contributed by atoms with van der Waals surface area (Å²) in [4.78, 5) is 36.7. The third-order valence-corrected chi connectivity index (χ3v) is 5.22. The molecular weight excluding hydrogens is 426 g/mol. The molecule has 3 aromatic carbocycles. The minimum absolute atomic E-state index is 0.0161. The summed E-state index contributed by atoms with van der Waals surface area (Å²) >= 11 is 0. The van der Waals surface area contributed by atoms with Crippen molar-refractivity contribution in [3.05, 3.63) is 107 Å². The van der Waals surface area contributed by atoms with Gasteiger partial charge in [0.1, 0.15) is 0 Å². The Hall–Kier alpha value is -4.19. The number of nitrogens with one attached hydrogen (secondary N) is 3. The molecule has 0 aliphatic rings. The molecule has 0 bridgehead atoms. The largest absolute Gasteiger partial charge is 0.322 e. The third kappa shape index (κ3) is 6.90. The van der Waals surface area contributed by atoms with Crippen LogP contribution in [0.25, 0.3) is 6.08 Å². The van der Waals surface area contributed by atoms with Gasteiger partial charge in [-0.3, -0.25) is 25.2 Å². The van der Waals surface area contributed by atoms with Crippen LogP contribution in [-0.4, -0.2) is 17.7 Å². The highest BCUT2D eigenvalue weighted by atomic mass is 16.2. The van der Waals surface area contributed by atoms with Crippen LogP contribution in [0, 0.1) is 6.92 Å². The van der Waals surface area contributed by atoms with E-state index < -0.39 is 11.8 Å². The number of carbonyl (C=O) groups is 3. The predicted molar refractivity (Wildman–Crippen MR) is 135 cm³/mol. The van der Waals surface area contributed by atoms with E-state index in [0.29, 0.717) is 16.8 Å². The first-order valence-corrected chi connectivity index (χ1v) is 11.0. The minimum atomic E-state index is -0.465. The van der Waals surface area contributed by atoms with Crippen molar-refractivity contribution in [3.8, 4) is 0 Å². The topological polar surface area (TPSA) is 87.3 Å². The fourth-order valence-corrected chi connectivity index (χ4v) is 3.11. The van der Waals surface area contributed by atoms with Crippen LogP contribution in [0.3, 0.4) is 0 Å². The molecule has 0 spiro atoms. The fourth-order valence-electron chi connectivity index (χ4n) is 3.11. The third-order valence-electron chi connectivity index (χ3n) is 5.22. The van der Waals surface area contributed by atoms with Gasteiger partial charge in [0.2, 0.25) is 0 Å². The van der Waals surface area contributed by atoms with Crippen LogP contribution in [0.15, 0.2) is 78.9 Å². The average molecular weight is 456 g/mol. The molecule has 0 aromatic heterocycles. The van der Waals surface area contributed by atoms with Gasteiger partial charge in [0, 0.05) is 22.9 Å². The lowest BCUT2D eigenvalue weighted by Crippen LogP contribution is -2.40. The Morgan fingerprint density at radius 1 is 0.706 bits per heavy atom. The maximum atomic E-state index is 12.5. The number of aryl methyl sites for hydroxylation is 1. The molecule has 0 fully saturated rings. The van der Waals surface area contributed by atoms with E-state index >= 15 is 0 Å². The van der Waals surface area contributed by atoms with Crippen molar-refractivity contribution in [1.29, 1.82) is 0 Å². The number of hydrogen-bond donors (Lipinski definition) is 3. The van der Waals surface area contributed by atoms with Gasteiger partial charge < -0.3 is 5.32 Å². The number of hydrazine groups is 1. The zero-order valence-corrected chi connectivity index (χ0v) is 19.8. The molecule has 3 rings (SSSR count). The smallest absolute Gasteiger partial charge is 0.269 e. The Balaban J connectivity index is 1.51. The van der Waals surface area contributed by atoms with Crippen molar-refractivity contribution in [1.82, 2.24) is 10.9 Å². The van der Waals surface area contributed by atoms with Gasteiger partial charge in [0.05, 0.1) is 0 Å². The Kier molecular flexibility index (Phi) is 7.64. The molecule has 3 N–H and O–H groups in total. The minimum Gasteiger partial charge on any atom is -0.322 e. The molecule has 0 radical (unpaired) electrons. The Labute approximate surface area is 200 Å². The normalized spacial score (nSPS) is 11.2. The number of amides is 3. The SMILES string of the molecule is Cc1ccc(C=CC(=O)NNC(=O)c2ccc(NC(=O)c3ccc(C(C)(C)C)cc3)cc2)cc1. The molecule has 0 saturated carbocycles. The van der Waals surface area contributed by atoms with Gasteiger partial charge in [-0.1, -0.05) is 62.7 Å². The second-order valence-electron chi connectivity index (χ2n) is 9.05. The van der Waals surface area contributed by atoms with Crippen LogP contribution < -0.4 is 16.2 Å². The summed E-state index contributed by atoms with van der Waals surface area (Å²) in [7, 11) is 0. The van der Waals surface area contributed by atoms with Crippen LogP contribution in [0.5, 0.6) is 0 Å². The first-order chi connectivity index (χ1) is 16.1. The van der Waals surface area contributed by atoms with Gasteiger partial charge in [-0.2, -0.15) is 0 Å². The van der Waals surface area contributed by atoms with E-state index in [1.54, 1.807) is 42.5 Å². The predicted octanol–water partition coefficient (Wildman–Crippen LogP) is 5.02. The van der Waals surface area contributed by atoms with E-state index in [2.05, 4.69) is 36.9 Å². The molecule has 0 aliphatic heterocycles. The second-order valence-corrected chi connectivity index (χ2v) is 9.05. The molecular formula is C28H29N3O3. The van der Waals surface area contributed by atoms with Crippen molar-refractivity contribution < 1.29 is 14.4 Å². The van der Waals surface area contributed by atoms with Gasteiger partial charge in [-0.05, 0) is 65.9 Å². The molecule has 3 aromatic rings. The molecule has 0 unspecified atom stereocenters. The number of rotatable bonds is 5. The van der Waals surface area contributed by atoms with Crippen molar-refractivity contribution in [2.45, 2.75) is 33.1 Å². The lowest BCUT2D eigenvalue weighted by molar-refractivity contribution is -0.117. The molecule has 3 amide bonds. The first kappa shape index (κ1) is 24.5. The van der Waals surface area contributed by atoms with Crippen molar-refractivity contribution >= 4 is 29.5 Å². The van der Waals surface area contributed by atoms with Crippen molar-refractivity contribution in [3.63, 3.8) is 0 Å². The molecule has 34 heavy (non-hydrogen) atoms. The average Bonchev–Trinajstić information content (AvgIpc) is 2.82. The number of hydrogen-bond acceptors (Lipinski definition) is 3. The summed E-state index contributed by atoms with van der Waals surface area (Å²) in [5.74, 6) is -1.15. The lowest BCUT2D eigenvalue weighted by atomic mass is 9.87. The standard InChI is InChI=1S/C28H29N3O3/c1-19-5-7-20(8-6-19)9-18-25(32)30-31-27(34)22-12-16-24(17-13-22)29-26(33)21-10-14-23(15-11-21)28(2,3)4/h5-18H,1-4H3,(H,29,33)(H,30,32)(H,31,34). The van der Waals surface area contributed by atoms with Gasteiger partial charge in [-0.25, -0.2) is 0 Å². The molecule has 0 saturated heterocycles. The quantitative estimate of drug-likeness (QED) is 0.373. The first-order valence-electron chi connectivity index (χ1n) is 11.0. The van der Waals surface area contributed by atoms with Crippen LogP contribution >= 0.6 is 0 Å². The zero-order valence-electron chi connectivity index (χ0n) is 19.8. The maximum Gasteiger partial charge on any atom is 0.269 e. The van der Waals surface area contributed by atoms with E-state index in [1.165, 1.54) is 6.08 Å². The van der Waals surface area contributed by atoms with Crippen molar-refractivity contribution in [2.75, 3.05) is 5.32 Å². The maximum absolute atomic E-state index is 12.5. The molecule has 174 valence electrons. The lowest BCUT2D eigenvalue weighted by Gasteiger charge is -2.19. The van der Waals surface area contributed by atoms with E-state index in [-0.39, 0.29) is 11.3 Å². The monoisotopic (exact) mass is 455 g/mol. The van der Waals surface area contributed by atoms with Crippen molar-refractivity contribution in [2.24, 2.45) is 0 Å². The van der Waals surface area contributed by atoms with E-state index in [0.717, 1.165) is 16.7 Å². The number of benzene rings is 3. The highest BCUT2D eigenvalue weighted by Crippen LogP contribution is 2.22. The van der Waals surface area contributed by atoms with E-state index in [4.69, 9.17) is 0 Å². The highest BCUT2D eigenvalue weighted by Gasteiger charge is 2.14. The molecule has 0 aliphatic carbocycles. The van der Waals surface area contributed by atoms with Gasteiger partial charge in [-0.15, -0.1) is 0 Å². The van der Waals surface area contributed by atoms with Crippen LogP contribution in [0.2, 0.25) is 0 Å². The van der Waals surface area contributed by atoms with Gasteiger partial charge >= 0.3 is 0 Å². The number of anilines is 1. The summed E-state index contributed by atoms with van der Waals surface area (Å²) in [5, 5.41) is 2.82. The van der Waals surface area contributed by atoms with Gasteiger partial charge in [0.15, 0.2) is 0 Å². The fraction of sp³-hybridized carbons (Fsp3) is 0.179. The molecule has 0 atom stereocenters. The summed E-state index contributed by atoms with van der Waals surface area (Å²) in [5.41, 5.74) is 9.36. The summed E-state index contributed by atoms with van der Waals surface area (Å²) in [6.07, 6.45) is 3.01. The Morgan fingerprint density at radius 3 is 1.85 bits per heavy atom. The van der Waals surface area contributed by atoms with Crippen LogP contribution in [-0.2, 0) is 10.2 Å². The summed E-state index contributed by atoms with van der Waals surface area (Å²) in [6.45, 7) is 8.34. The second kappa shape index (κ2) is 10.6.